The minimum atomic E-state index is -0.197. The Morgan fingerprint density at radius 3 is 2.81 bits per heavy atom. The van der Waals surface area contributed by atoms with Crippen LogP contribution in [-0.2, 0) is 0 Å². The van der Waals surface area contributed by atoms with Gasteiger partial charge in [0.1, 0.15) is 16.6 Å². The Labute approximate surface area is 160 Å². The van der Waals surface area contributed by atoms with Crippen LogP contribution in [-0.4, -0.2) is 25.5 Å². The van der Waals surface area contributed by atoms with E-state index in [-0.39, 0.29) is 5.91 Å². The molecule has 6 nitrogen and oxygen atoms in total. The Morgan fingerprint density at radius 1 is 1.22 bits per heavy atom. The minimum absolute atomic E-state index is 0.197. The van der Waals surface area contributed by atoms with Gasteiger partial charge in [0.15, 0.2) is 0 Å². The third kappa shape index (κ3) is 3.37. The number of benzene rings is 2. The number of hydrogen-bond donors (Lipinski definition) is 3. The Balaban J connectivity index is 1.48. The average Bonchev–Trinajstić information content (AvgIpc) is 3.19. The van der Waals surface area contributed by atoms with E-state index in [2.05, 4.69) is 10.6 Å². The molecule has 0 unspecified atom stereocenters. The van der Waals surface area contributed by atoms with Crippen molar-refractivity contribution in [3.05, 3.63) is 71.1 Å². The van der Waals surface area contributed by atoms with Crippen LogP contribution in [0.15, 0.2) is 60.0 Å². The van der Waals surface area contributed by atoms with Crippen molar-refractivity contribution in [3.8, 4) is 5.75 Å². The van der Waals surface area contributed by atoms with Gasteiger partial charge in [-0.05, 0) is 53.9 Å². The Morgan fingerprint density at radius 2 is 2.04 bits per heavy atom. The molecule has 1 amide bonds. The fourth-order valence-electron chi connectivity index (χ4n) is 2.92. The second-order valence-electron chi connectivity index (χ2n) is 6.01. The molecule has 0 spiro atoms. The molecule has 2 heterocycles. The zero-order valence-electron chi connectivity index (χ0n) is 14.7. The highest BCUT2D eigenvalue weighted by Gasteiger charge is 2.22. The van der Waals surface area contributed by atoms with Gasteiger partial charge in [-0.3, -0.25) is 10.2 Å². The number of anilines is 3. The predicted octanol–water partition coefficient (Wildman–Crippen LogP) is 4.22. The molecule has 3 aromatic rings. The van der Waals surface area contributed by atoms with E-state index >= 15 is 0 Å². The van der Waals surface area contributed by atoms with Crippen molar-refractivity contribution in [2.45, 2.75) is 0 Å². The number of fused-ring (bicyclic) bond motifs is 1. The van der Waals surface area contributed by atoms with Gasteiger partial charge in [-0.1, -0.05) is 6.07 Å². The third-order valence-corrected chi connectivity index (χ3v) is 5.23. The molecule has 7 heteroatoms. The molecule has 4 rings (SSSR count). The van der Waals surface area contributed by atoms with Gasteiger partial charge in [0.25, 0.3) is 5.91 Å². The van der Waals surface area contributed by atoms with Crippen LogP contribution >= 0.6 is 11.3 Å². The summed E-state index contributed by atoms with van der Waals surface area (Å²) >= 11 is 1.60. The average molecular weight is 378 g/mol. The third-order valence-electron chi connectivity index (χ3n) is 4.36. The van der Waals surface area contributed by atoms with E-state index in [1.165, 1.54) is 0 Å². The van der Waals surface area contributed by atoms with Gasteiger partial charge in [-0.15, -0.1) is 11.3 Å². The standard InChI is InChI=1S/C20H18N4O2S/c1-26-16-4-2-3-13(11-16)19(25)23-14-5-7-15(8-6-14)24-12-22-20-17(18(24)21)9-10-27-20/h2-11,21-22H,12H2,1H3,(H,23,25). The topological polar surface area (TPSA) is 77.5 Å². The number of nitrogens with one attached hydrogen (secondary N) is 3. The summed E-state index contributed by atoms with van der Waals surface area (Å²) < 4.78 is 5.16. The number of carbonyl (C=O) groups excluding carboxylic acids is 1. The van der Waals surface area contributed by atoms with Gasteiger partial charge in [-0.25, -0.2) is 0 Å². The van der Waals surface area contributed by atoms with Crippen LogP contribution in [0.5, 0.6) is 5.75 Å². The molecule has 0 radical (unpaired) electrons. The number of amidine groups is 1. The molecule has 27 heavy (non-hydrogen) atoms. The van der Waals surface area contributed by atoms with Crippen LogP contribution in [0.25, 0.3) is 0 Å². The molecule has 1 aliphatic rings. The minimum Gasteiger partial charge on any atom is -0.497 e. The normalized spacial score (nSPS) is 12.9. The van der Waals surface area contributed by atoms with Gasteiger partial charge in [0, 0.05) is 16.9 Å². The SMILES string of the molecule is COc1cccc(C(=O)Nc2ccc(N3CNc4sccc4C3=N)cc2)c1. The lowest BCUT2D eigenvalue weighted by Crippen LogP contribution is -2.39. The number of amides is 1. The van der Waals surface area contributed by atoms with Crippen LogP contribution in [0, 0.1) is 5.41 Å². The molecular formula is C20H18N4O2S. The van der Waals surface area contributed by atoms with Crippen LogP contribution in [0.2, 0.25) is 0 Å². The van der Waals surface area contributed by atoms with Crippen LogP contribution in [0.3, 0.4) is 0 Å². The zero-order valence-corrected chi connectivity index (χ0v) is 15.5. The first-order chi connectivity index (χ1) is 13.2. The number of carbonyl (C=O) groups is 1. The second-order valence-corrected chi connectivity index (χ2v) is 6.92. The maximum Gasteiger partial charge on any atom is 0.255 e. The first kappa shape index (κ1) is 17.1. The molecule has 0 saturated carbocycles. The quantitative estimate of drug-likeness (QED) is 0.635. The highest BCUT2D eigenvalue weighted by molar-refractivity contribution is 7.14. The van der Waals surface area contributed by atoms with Crippen molar-refractivity contribution in [1.82, 2.24) is 0 Å². The summed E-state index contributed by atoms with van der Waals surface area (Å²) in [6.45, 7) is 0.544. The number of ether oxygens (including phenoxy) is 1. The zero-order chi connectivity index (χ0) is 18.8. The van der Waals surface area contributed by atoms with Crippen molar-refractivity contribution in [2.24, 2.45) is 0 Å². The molecule has 0 saturated heterocycles. The van der Waals surface area contributed by atoms with Crippen molar-refractivity contribution < 1.29 is 9.53 Å². The second kappa shape index (κ2) is 7.13. The summed E-state index contributed by atoms with van der Waals surface area (Å²) in [7, 11) is 1.57. The van der Waals surface area contributed by atoms with Crippen molar-refractivity contribution in [2.75, 3.05) is 29.3 Å². The fourth-order valence-corrected chi connectivity index (χ4v) is 3.70. The summed E-state index contributed by atoms with van der Waals surface area (Å²) in [5.74, 6) is 0.914. The Kier molecular flexibility index (Phi) is 4.52. The summed E-state index contributed by atoms with van der Waals surface area (Å²) in [4.78, 5) is 14.3. The van der Waals surface area contributed by atoms with Crippen molar-refractivity contribution in [3.63, 3.8) is 0 Å². The van der Waals surface area contributed by atoms with Gasteiger partial charge in [-0.2, -0.15) is 0 Å². The van der Waals surface area contributed by atoms with Gasteiger partial charge >= 0.3 is 0 Å². The largest absolute Gasteiger partial charge is 0.497 e. The fraction of sp³-hybridized carbons (Fsp3) is 0.100. The molecule has 3 N–H and O–H groups in total. The summed E-state index contributed by atoms with van der Waals surface area (Å²) in [6.07, 6.45) is 0. The predicted molar refractivity (Wildman–Crippen MR) is 110 cm³/mol. The van der Waals surface area contributed by atoms with Crippen LogP contribution in [0.4, 0.5) is 16.4 Å². The molecular weight excluding hydrogens is 360 g/mol. The van der Waals surface area contributed by atoms with Crippen LogP contribution in [0.1, 0.15) is 15.9 Å². The summed E-state index contributed by atoms with van der Waals surface area (Å²) in [6, 6.07) is 16.4. The van der Waals surface area contributed by atoms with E-state index in [9.17, 15) is 4.79 Å². The molecule has 0 atom stereocenters. The van der Waals surface area contributed by atoms with E-state index in [1.807, 2.05) is 40.6 Å². The molecule has 1 aromatic heterocycles. The van der Waals surface area contributed by atoms with E-state index in [0.29, 0.717) is 29.5 Å². The molecule has 0 bridgehead atoms. The van der Waals surface area contributed by atoms with Gasteiger partial charge in [0.2, 0.25) is 0 Å². The Hall–Kier alpha value is -3.32. The van der Waals surface area contributed by atoms with E-state index in [0.717, 1.165) is 16.3 Å². The van der Waals surface area contributed by atoms with E-state index in [1.54, 1.807) is 42.7 Å². The number of hydrogen-bond acceptors (Lipinski definition) is 5. The number of thiophene rings is 1. The summed E-state index contributed by atoms with van der Waals surface area (Å²) in [5.41, 5.74) is 3.02. The number of methoxy groups -OCH3 is 1. The molecule has 1 aliphatic heterocycles. The number of nitrogens with zero attached hydrogens (tertiary/aromatic N) is 1. The lowest BCUT2D eigenvalue weighted by atomic mass is 10.1. The molecule has 0 fully saturated rings. The van der Waals surface area contributed by atoms with Crippen molar-refractivity contribution in [1.29, 1.82) is 5.41 Å². The molecule has 0 aliphatic carbocycles. The number of rotatable bonds is 4. The first-order valence-corrected chi connectivity index (χ1v) is 9.27. The lowest BCUT2D eigenvalue weighted by molar-refractivity contribution is 0.102. The van der Waals surface area contributed by atoms with Crippen LogP contribution < -0.4 is 20.3 Å². The lowest BCUT2D eigenvalue weighted by Gasteiger charge is -2.30. The maximum atomic E-state index is 12.4. The smallest absolute Gasteiger partial charge is 0.255 e. The van der Waals surface area contributed by atoms with Gasteiger partial charge < -0.3 is 20.3 Å². The monoisotopic (exact) mass is 378 g/mol. The highest BCUT2D eigenvalue weighted by atomic mass is 32.1. The van der Waals surface area contributed by atoms with E-state index in [4.69, 9.17) is 10.1 Å². The Bertz CT molecular complexity index is 997. The first-order valence-electron chi connectivity index (χ1n) is 8.39. The van der Waals surface area contributed by atoms with Crippen molar-refractivity contribution >= 4 is 39.5 Å². The van der Waals surface area contributed by atoms with Gasteiger partial charge in [0.05, 0.1) is 19.3 Å². The molecule has 2 aromatic carbocycles. The highest BCUT2D eigenvalue weighted by Crippen LogP contribution is 2.31. The van der Waals surface area contributed by atoms with E-state index < -0.39 is 0 Å². The molecule has 136 valence electrons. The summed E-state index contributed by atoms with van der Waals surface area (Å²) in [5, 5.41) is 17.6. The maximum absolute atomic E-state index is 12.4.